The summed E-state index contributed by atoms with van der Waals surface area (Å²) in [6.45, 7) is 2.05. The van der Waals surface area contributed by atoms with Gasteiger partial charge in [-0.25, -0.2) is 4.31 Å². The Kier molecular flexibility index (Phi) is 9.10. The minimum absolute atomic E-state index is 0.0348. The van der Waals surface area contributed by atoms with E-state index in [2.05, 4.69) is 24.9 Å². The van der Waals surface area contributed by atoms with E-state index in [4.69, 9.17) is 27.9 Å². The van der Waals surface area contributed by atoms with Crippen molar-refractivity contribution in [2.75, 3.05) is 51.1 Å². The minimum atomic E-state index is -0.0967. The largest absolute Gasteiger partial charge is 0.467 e. The molecule has 1 saturated heterocycles. The van der Waals surface area contributed by atoms with E-state index in [1.54, 1.807) is 13.2 Å². The molecule has 1 atom stereocenters. The number of ether oxygens (including phenoxy) is 1. The molecular formula is C21H28Cl2N6O2S. The normalized spacial score (nSPS) is 16.2. The molecule has 1 aliphatic heterocycles. The van der Waals surface area contributed by atoms with Crippen LogP contribution in [0.3, 0.4) is 0 Å². The lowest BCUT2D eigenvalue weighted by Crippen LogP contribution is -2.42. The smallest absolute Gasteiger partial charge is 0.320 e. The molecule has 1 unspecified atom stereocenters. The van der Waals surface area contributed by atoms with Crippen molar-refractivity contribution in [3.8, 4) is 6.01 Å². The van der Waals surface area contributed by atoms with Crippen LogP contribution in [0.4, 0.5) is 11.6 Å². The van der Waals surface area contributed by atoms with Gasteiger partial charge in [-0.05, 0) is 51.1 Å². The van der Waals surface area contributed by atoms with Gasteiger partial charge in [0.15, 0.2) is 0 Å². The maximum Gasteiger partial charge on any atom is 0.320 e. The maximum absolute atomic E-state index is 12.5. The fraction of sp³-hybridized carbons (Fsp3) is 0.476. The molecule has 0 aliphatic carbocycles. The molecule has 2 aromatic rings. The number of hydrogen-bond acceptors (Lipinski definition) is 8. The maximum atomic E-state index is 12.5. The number of carbonyl (C=O) groups is 1. The standard InChI is InChI=1S/C21H28Cl2N6O2S/c1-28(2)32-27-20(30)15-5-4-10-29(13-15)19-12-18(25-21(26-19)31-3)24-9-8-14-6-7-16(22)11-17(14)23/h6-7,11-12,15H,4-5,8-10,13H2,1-3H3,(H,27,30)(H,24,25,26). The van der Waals surface area contributed by atoms with Gasteiger partial charge >= 0.3 is 6.01 Å². The van der Waals surface area contributed by atoms with Crippen LogP contribution >= 0.6 is 35.3 Å². The van der Waals surface area contributed by atoms with E-state index < -0.39 is 0 Å². The highest BCUT2D eigenvalue weighted by Crippen LogP contribution is 2.26. The van der Waals surface area contributed by atoms with Crippen LogP contribution in [-0.2, 0) is 11.2 Å². The number of halogens is 2. The van der Waals surface area contributed by atoms with Crippen molar-refractivity contribution in [2.24, 2.45) is 5.92 Å². The molecule has 0 bridgehead atoms. The summed E-state index contributed by atoms with van der Waals surface area (Å²) in [6, 6.07) is 7.66. The molecule has 0 saturated carbocycles. The highest BCUT2D eigenvalue weighted by molar-refractivity contribution is 7.95. The van der Waals surface area contributed by atoms with Crippen molar-refractivity contribution in [3.63, 3.8) is 0 Å². The lowest BCUT2D eigenvalue weighted by Gasteiger charge is -2.33. The van der Waals surface area contributed by atoms with E-state index in [0.717, 1.165) is 30.8 Å². The van der Waals surface area contributed by atoms with Gasteiger partial charge in [-0.3, -0.25) is 9.52 Å². The van der Waals surface area contributed by atoms with Crippen molar-refractivity contribution in [3.05, 3.63) is 39.9 Å². The highest BCUT2D eigenvalue weighted by atomic mass is 35.5. The van der Waals surface area contributed by atoms with Crippen LogP contribution in [0.15, 0.2) is 24.3 Å². The number of benzene rings is 1. The molecule has 2 heterocycles. The van der Waals surface area contributed by atoms with E-state index in [1.807, 2.05) is 36.6 Å². The monoisotopic (exact) mass is 498 g/mol. The zero-order chi connectivity index (χ0) is 23.1. The number of piperidine rings is 1. The molecule has 1 aromatic carbocycles. The number of aromatic nitrogens is 2. The first-order valence-electron chi connectivity index (χ1n) is 10.4. The van der Waals surface area contributed by atoms with Crippen LogP contribution in [0, 0.1) is 5.92 Å². The molecule has 2 N–H and O–H groups in total. The zero-order valence-electron chi connectivity index (χ0n) is 18.4. The van der Waals surface area contributed by atoms with Crippen molar-refractivity contribution in [2.45, 2.75) is 19.3 Å². The third-order valence-electron chi connectivity index (χ3n) is 5.04. The Balaban J connectivity index is 1.65. The number of carbonyl (C=O) groups excluding carboxylic acids is 1. The van der Waals surface area contributed by atoms with E-state index in [0.29, 0.717) is 35.4 Å². The summed E-state index contributed by atoms with van der Waals surface area (Å²) in [6.07, 6.45) is 2.48. The fourth-order valence-corrected chi connectivity index (χ4v) is 4.37. The molecule has 1 fully saturated rings. The zero-order valence-corrected chi connectivity index (χ0v) is 20.7. The first-order chi connectivity index (χ1) is 15.4. The van der Waals surface area contributed by atoms with Gasteiger partial charge in [-0.15, -0.1) is 0 Å². The Morgan fingerprint density at radius 1 is 1.31 bits per heavy atom. The molecular weight excluding hydrogens is 471 g/mol. The van der Waals surface area contributed by atoms with Crippen LogP contribution in [0.25, 0.3) is 0 Å². The predicted octanol–water partition coefficient (Wildman–Crippen LogP) is 3.90. The SMILES string of the molecule is COc1nc(NCCc2ccc(Cl)cc2Cl)cc(N2CCCC(C(=O)NSN(C)C)C2)n1. The second-order valence-electron chi connectivity index (χ2n) is 7.67. The number of amides is 1. The third kappa shape index (κ3) is 7.03. The molecule has 1 aliphatic rings. The molecule has 0 radical (unpaired) electrons. The van der Waals surface area contributed by atoms with Gasteiger partial charge in [0.25, 0.3) is 0 Å². The Bertz CT molecular complexity index is 933. The first-order valence-corrected chi connectivity index (χ1v) is 11.9. The van der Waals surface area contributed by atoms with Gasteiger partial charge in [-0.2, -0.15) is 9.97 Å². The summed E-state index contributed by atoms with van der Waals surface area (Å²) >= 11 is 13.5. The number of methoxy groups -OCH3 is 1. The molecule has 11 heteroatoms. The second-order valence-corrected chi connectivity index (χ2v) is 9.63. The summed E-state index contributed by atoms with van der Waals surface area (Å²) in [5.74, 6) is 1.33. The van der Waals surface area contributed by atoms with Gasteiger partial charge < -0.3 is 15.0 Å². The number of rotatable bonds is 9. The molecule has 32 heavy (non-hydrogen) atoms. The van der Waals surface area contributed by atoms with Crippen molar-refractivity contribution < 1.29 is 9.53 Å². The highest BCUT2D eigenvalue weighted by Gasteiger charge is 2.27. The lowest BCUT2D eigenvalue weighted by atomic mass is 9.97. The Hall–Kier alpha value is -1.94. The molecule has 174 valence electrons. The minimum Gasteiger partial charge on any atom is -0.467 e. The average molecular weight is 499 g/mol. The van der Waals surface area contributed by atoms with E-state index >= 15 is 0 Å². The topological polar surface area (TPSA) is 82.6 Å². The predicted molar refractivity (Wildman–Crippen MR) is 132 cm³/mol. The molecule has 1 aromatic heterocycles. The Morgan fingerprint density at radius 2 is 2.12 bits per heavy atom. The van der Waals surface area contributed by atoms with Crippen molar-refractivity contribution >= 4 is 52.9 Å². The van der Waals surface area contributed by atoms with Gasteiger partial charge in [0, 0.05) is 47.9 Å². The van der Waals surface area contributed by atoms with E-state index in [1.165, 1.54) is 12.1 Å². The average Bonchev–Trinajstić information content (AvgIpc) is 2.78. The van der Waals surface area contributed by atoms with Crippen LogP contribution in [-0.4, -0.2) is 61.0 Å². The summed E-state index contributed by atoms with van der Waals surface area (Å²) < 4.78 is 10.1. The number of hydrogen-bond donors (Lipinski definition) is 2. The van der Waals surface area contributed by atoms with Crippen LogP contribution < -0.4 is 19.7 Å². The molecule has 3 rings (SSSR count). The first kappa shape index (κ1) is 24.7. The summed E-state index contributed by atoms with van der Waals surface area (Å²) in [4.78, 5) is 23.5. The van der Waals surface area contributed by atoms with Crippen LogP contribution in [0.1, 0.15) is 18.4 Å². The fourth-order valence-electron chi connectivity index (χ4n) is 3.43. The van der Waals surface area contributed by atoms with E-state index in [9.17, 15) is 4.79 Å². The Labute approximate surface area is 203 Å². The van der Waals surface area contributed by atoms with Gasteiger partial charge in [0.1, 0.15) is 11.6 Å². The quantitative estimate of drug-likeness (QED) is 0.503. The molecule has 0 spiro atoms. The summed E-state index contributed by atoms with van der Waals surface area (Å²) in [5, 5.41) is 4.58. The summed E-state index contributed by atoms with van der Waals surface area (Å²) in [7, 11) is 5.32. The van der Waals surface area contributed by atoms with Gasteiger partial charge in [0.05, 0.1) is 13.0 Å². The third-order valence-corrected chi connectivity index (χ3v) is 6.28. The molecule has 1 amide bonds. The number of nitrogens with one attached hydrogen (secondary N) is 2. The van der Waals surface area contributed by atoms with Crippen molar-refractivity contribution in [1.29, 1.82) is 0 Å². The van der Waals surface area contributed by atoms with Crippen molar-refractivity contribution in [1.82, 2.24) is 19.0 Å². The lowest BCUT2D eigenvalue weighted by molar-refractivity contribution is -0.123. The Morgan fingerprint density at radius 3 is 2.84 bits per heavy atom. The van der Waals surface area contributed by atoms with Gasteiger partial charge in [-0.1, -0.05) is 29.3 Å². The number of anilines is 2. The van der Waals surface area contributed by atoms with Gasteiger partial charge in [0.2, 0.25) is 5.91 Å². The van der Waals surface area contributed by atoms with E-state index in [-0.39, 0.29) is 17.8 Å². The van der Waals surface area contributed by atoms with Crippen LogP contribution in [0.2, 0.25) is 10.0 Å². The number of nitrogens with zero attached hydrogens (tertiary/aromatic N) is 4. The summed E-state index contributed by atoms with van der Waals surface area (Å²) in [5.41, 5.74) is 1.00. The second kappa shape index (κ2) is 11.8. The van der Waals surface area contributed by atoms with Crippen LogP contribution in [0.5, 0.6) is 6.01 Å². The molecule has 8 nitrogen and oxygen atoms in total.